The lowest BCUT2D eigenvalue weighted by atomic mass is 10.2. The zero-order chi connectivity index (χ0) is 6.16. The molecule has 0 saturated carbocycles. The molecule has 2 nitrogen and oxygen atoms in total. The molecule has 1 fully saturated rings. The van der Waals surface area contributed by atoms with E-state index < -0.39 is 0 Å². The molecule has 9 heavy (non-hydrogen) atoms. The van der Waals surface area contributed by atoms with Gasteiger partial charge in [-0.15, -0.1) is 11.8 Å². The minimum absolute atomic E-state index is 0.171. The van der Waals surface area contributed by atoms with E-state index in [2.05, 4.69) is 22.1 Å². The summed E-state index contributed by atoms with van der Waals surface area (Å²) in [6, 6.07) is 0. The predicted molar refractivity (Wildman–Crippen MR) is 40.3 cm³/mol. The largest absolute Gasteiger partial charge is 0.294 e. The molecule has 0 amide bonds. The van der Waals surface area contributed by atoms with Crippen molar-refractivity contribution < 1.29 is 0 Å². The van der Waals surface area contributed by atoms with Crippen molar-refractivity contribution in [3.05, 3.63) is 11.5 Å². The van der Waals surface area contributed by atoms with Gasteiger partial charge in [-0.2, -0.15) is 0 Å². The van der Waals surface area contributed by atoms with Gasteiger partial charge < -0.3 is 0 Å². The molecule has 1 spiro atoms. The monoisotopic (exact) mass is 142 g/mol. The topological polar surface area (TPSA) is 24.1 Å². The third kappa shape index (κ3) is 0.892. The third-order valence-electron chi connectivity index (χ3n) is 1.77. The van der Waals surface area contributed by atoms with Crippen LogP contribution in [-0.2, 0) is 0 Å². The van der Waals surface area contributed by atoms with Crippen molar-refractivity contribution in [2.75, 3.05) is 18.8 Å². The Hall–Kier alpha value is 0.01000. The summed E-state index contributed by atoms with van der Waals surface area (Å²) in [5.41, 5.74) is 0.171. The first-order valence-corrected chi connectivity index (χ1v) is 4.26. The van der Waals surface area contributed by atoms with E-state index in [1.165, 1.54) is 0 Å². The highest BCUT2D eigenvalue weighted by Gasteiger charge is 2.32. The maximum absolute atomic E-state index is 3.41. The van der Waals surface area contributed by atoms with Crippen molar-refractivity contribution in [3.63, 3.8) is 0 Å². The summed E-state index contributed by atoms with van der Waals surface area (Å²) in [7, 11) is 0. The zero-order valence-corrected chi connectivity index (χ0v) is 6.00. The Bertz CT molecular complexity index is 138. The van der Waals surface area contributed by atoms with E-state index in [4.69, 9.17) is 0 Å². The highest BCUT2D eigenvalue weighted by atomic mass is 32.2. The van der Waals surface area contributed by atoms with Crippen LogP contribution in [-0.4, -0.2) is 24.5 Å². The highest BCUT2D eigenvalue weighted by Crippen LogP contribution is 2.23. The number of nitrogens with one attached hydrogen (secondary N) is 2. The van der Waals surface area contributed by atoms with Gasteiger partial charge >= 0.3 is 0 Å². The second-order valence-electron chi connectivity index (χ2n) is 2.44. The first-order chi connectivity index (χ1) is 4.41. The maximum Gasteiger partial charge on any atom is 0.0984 e. The third-order valence-corrected chi connectivity index (χ3v) is 2.72. The molecule has 0 bridgehead atoms. The van der Waals surface area contributed by atoms with Crippen LogP contribution in [0.4, 0.5) is 0 Å². The average Bonchev–Trinajstić information content (AvgIpc) is 2.45. The Morgan fingerprint density at radius 3 is 2.67 bits per heavy atom. The van der Waals surface area contributed by atoms with Gasteiger partial charge in [-0.05, 0) is 11.5 Å². The molecule has 0 aromatic heterocycles. The van der Waals surface area contributed by atoms with E-state index >= 15 is 0 Å². The maximum atomic E-state index is 3.41. The lowest BCUT2D eigenvalue weighted by Crippen LogP contribution is -2.47. The van der Waals surface area contributed by atoms with Crippen molar-refractivity contribution >= 4 is 11.8 Å². The number of hydrogen-bond donors (Lipinski definition) is 2. The van der Waals surface area contributed by atoms with Gasteiger partial charge in [-0.25, -0.2) is 0 Å². The smallest absolute Gasteiger partial charge is 0.0984 e. The SMILES string of the molecule is C1=CC2(CS1)NCCN2. The van der Waals surface area contributed by atoms with Crippen molar-refractivity contribution in [2.45, 2.75) is 5.66 Å². The zero-order valence-electron chi connectivity index (χ0n) is 5.18. The molecule has 0 aliphatic carbocycles. The molecule has 0 atom stereocenters. The fourth-order valence-electron chi connectivity index (χ4n) is 1.25. The molecule has 0 aromatic carbocycles. The van der Waals surface area contributed by atoms with Crippen LogP contribution >= 0.6 is 11.8 Å². The summed E-state index contributed by atoms with van der Waals surface area (Å²) in [6.45, 7) is 2.20. The molecule has 2 aliphatic heterocycles. The van der Waals surface area contributed by atoms with Crippen LogP contribution in [0.1, 0.15) is 0 Å². The van der Waals surface area contributed by atoms with Crippen LogP contribution < -0.4 is 10.6 Å². The van der Waals surface area contributed by atoms with Crippen molar-refractivity contribution in [3.8, 4) is 0 Å². The first kappa shape index (κ1) is 5.77. The number of rotatable bonds is 0. The Kier molecular flexibility index (Phi) is 1.29. The van der Waals surface area contributed by atoms with E-state index in [1.54, 1.807) is 0 Å². The summed E-state index contributed by atoms with van der Waals surface area (Å²) < 4.78 is 0. The Labute approximate surface area is 59.1 Å². The fourth-order valence-corrected chi connectivity index (χ4v) is 2.23. The molecule has 0 aromatic rings. The Morgan fingerprint density at radius 1 is 1.33 bits per heavy atom. The minimum atomic E-state index is 0.171. The highest BCUT2D eigenvalue weighted by molar-refractivity contribution is 8.02. The molecule has 2 N–H and O–H groups in total. The van der Waals surface area contributed by atoms with Crippen LogP contribution in [0.15, 0.2) is 11.5 Å². The molecular weight excluding hydrogens is 132 g/mol. The molecule has 2 rings (SSSR count). The molecule has 0 unspecified atom stereocenters. The van der Waals surface area contributed by atoms with E-state index in [0.717, 1.165) is 18.8 Å². The van der Waals surface area contributed by atoms with E-state index in [0.29, 0.717) is 0 Å². The lowest BCUT2D eigenvalue weighted by molar-refractivity contribution is 0.481. The quantitative estimate of drug-likeness (QED) is 0.503. The lowest BCUT2D eigenvalue weighted by Gasteiger charge is -2.20. The summed E-state index contributed by atoms with van der Waals surface area (Å²) >= 11 is 1.86. The molecule has 50 valence electrons. The molecule has 2 aliphatic rings. The molecule has 3 heteroatoms. The molecule has 0 radical (unpaired) electrons. The van der Waals surface area contributed by atoms with Gasteiger partial charge in [-0.1, -0.05) is 0 Å². The van der Waals surface area contributed by atoms with Crippen LogP contribution in [0.2, 0.25) is 0 Å². The molecule has 1 saturated heterocycles. The average molecular weight is 142 g/mol. The van der Waals surface area contributed by atoms with Gasteiger partial charge in [-0.3, -0.25) is 10.6 Å². The van der Waals surface area contributed by atoms with Crippen molar-refractivity contribution in [1.29, 1.82) is 0 Å². The van der Waals surface area contributed by atoms with Crippen LogP contribution in [0.25, 0.3) is 0 Å². The van der Waals surface area contributed by atoms with Crippen molar-refractivity contribution in [2.24, 2.45) is 0 Å². The molecular formula is C6H10N2S. The summed E-state index contributed by atoms with van der Waals surface area (Å²) in [6.07, 6.45) is 2.21. The van der Waals surface area contributed by atoms with Gasteiger partial charge in [0.05, 0.1) is 5.66 Å². The van der Waals surface area contributed by atoms with E-state index in [-0.39, 0.29) is 5.66 Å². The molecule has 2 heterocycles. The first-order valence-electron chi connectivity index (χ1n) is 3.21. The predicted octanol–water partition coefficient (Wildman–Crippen LogP) is 0.136. The fraction of sp³-hybridized carbons (Fsp3) is 0.667. The summed E-state index contributed by atoms with van der Waals surface area (Å²) in [4.78, 5) is 0. The van der Waals surface area contributed by atoms with Gasteiger partial charge in [0.1, 0.15) is 0 Å². The van der Waals surface area contributed by atoms with Gasteiger partial charge in [0.25, 0.3) is 0 Å². The number of thioether (sulfide) groups is 1. The normalized spacial score (nSPS) is 30.2. The van der Waals surface area contributed by atoms with E-state index in [1.807, 2.05) is 11.8 Å². The Morgan fingerprint density at radius 2 is 2.11 bits per heavy atom. The minimum Gasteiger partial charge on any atom is -0.294 e. The van der Waals surface area contributed by atoms with Crippen LogP contribution in [0.5, 0.6) is 0 Å². The summed E-state index contributed by atoms with van der Waals surface area (Å²) in [5, 5.41) is 8.98. The van der Waals surface area contributed by atoms with Gasteiger partial charge in [0.15, 0.2) is 0 Å². The number of hydrogen-bond acceptors (Lipinski definition) is 3. The second-order valence-corrected chi connectivity index (χ2v) is 3.33. The second kappa shape index (κ2) is 2.01. The van der Waals surface area contributed by atoms with Gasteiger partial charge in [0.2, 0.25) is 0 Å². The standard InChI is InChI=1S/C6H10N2S/c1-4-9-5-6(1)7-2-3-8-6/h1,4,7-8H,2-3,5H2. The van der Waals surface area contributed by atoms with Crippen molar-refractivity contribution in [1.82, 2.24) is 10.6 Å². The summed E-state index contributed by atoms with van der Waals surface area (Å²) in [5.74, 6) is 1.15. The Balaban J connectivity index is 2.13. The van der Waals surface area contributed by atoms with Crippen LogP contribution in [0.3, 0.4) is 0 Å². The van der Waals surface area contributed by atoms with Crippen LogP contribution in [0, 0.1) is 0 Å². The van der Waals surface area contributed by atoms with Gasteiger partial charge in [0, 0.05) is 18.8 Å². The van der Waals surface area contributed by atoms with E-state index in [9.17, 15) is 0 Å².